The van der Waals surface area contributed by atoms with Crippen molar-refractivity contribution >= 4 is 17.3 Å². The number of hydrogen-bond donors (Lipinski definition) is 2. The summed E-state index contributed by atoms with van der Waals surface area (Å²) >= 11 is 0. The molecule has 0 aliphatic rings. The third kappa shape index (κ3) is 3.26. The van der Waals surface area contributed by atoms with Crippen LogP contribution in [-0.4, -0.2) is 20.1 Å². The largest absolute Gasteiger partial charge is 0.465 e. The number of rotatable bonds is 4. The third-order valence-corrected chi connectivity index (χ3v) is 4.50. The fraction of sp³-hybridized carbons (Fsp3) is 0.136. The molecule has 3 N–H and O–H groups in total. The van der Waals surface area contributed by atoms with Gasteiger partial charge in [-0.1, -0.05) is 48.5 Å². The standard InChI is InChI=1S/C22H22N2O2/c1-14-6-4-5-7-18(14)16-10-8-15(9-11-16)17-12-19(22(25)26-3)21(24-2)20(23)13-17/h4-13,24H,23H2,1-3H3. The van der Waals surface area contributed by atoms with Crippen molar-refractivity contribution in [3.63, 3.8) is 0 Å². The van der Waals surface area contributed by atoms with Gasteiger partial charge in [-0.15, -0.1) is 0 Å². The van der Waals surface area contributed by atoms with Gasteiger partial charge in [-0.2, -0.15) is 0 Å². The molecule has 0 aromatic heterocycles. The number of ether oxygens (including phenoxy) is 1. The number of carbonyl (C=O) groups excluding carboxylic acids is 1. The Labute approximate surface area is 153 Å². The lowest BCUT2D eigenvalue weighted by Gasteiger charge is -2.14. The Hall–Kier alpha value is -3.27. The minimum atomic E-state index is -0.417. The Morgan fingerprint density at radius 3 is 2.23 bits per heavy atom. The van der Waals surface area contributed by atoms with Gasteiger partial charge in [0.05, 0.1) is 24.0 Å². The Balaban J connectivity index is 2.03. The molecule has 0 saturated heterocycles. The molecule has 0 heterocycles. The summed E-state index contributed by atoms with van der Waals surface area (Å²) in [6.07, 6.45) is 0. The number of nitrogens with one attached hydrogen (secondary N) is 1. The predicted molar refractivity (Wildman–Crippen MR) is 107 cm³/mol. The number of aryl methyl sites for hydroxylation is 1. The lowest BCUT2D eigenvalue weighted by atomic mass is 9.96. The van der Waals surface area contributed by atoms with Crippen LogP contribution < -0.4 is 11.1 Å². The molecule has 0 saturated carbocycles. The van der Waals surface area contributed by atoms with Crippen molar-refractivity contribution in [1.82, 2.24) is 0 Å². The van der Waals surface area contributed by atoms with E-state index >= 15 is 0 Å². The first-order valence-electron chi connectivity index (χ1n) is 8.41. The quantitative estimate of drug-likeness (QED) is 0.529. The first kappa shape index (κ1) is 17.5. The molecule has 4 nitrogen and oxygen atoms in total. The zero-order chi connectivity index (χ0) is 18.7. The molecule has 26 heavy (non-hydrogen) atoms. The number of benzene rings is 3. The maximum Gasteiger partial charge on any atom is 0.340 e. The molecule has 0 unspecified atom stereocenters. The average Bonchev–Trinajstić information content (AvgIpc) is 2.67. The van der Waals surface area contributed by atoms with Crippen LogP contribution in [0.1, 0.15) is 15.9 Å². The van der Waals surface area contributed by atoms with Crippen LogP contribution in [0.4, 0.5) is 11.4 Å². The maximum atomic E-state index is 12.1. The van der Waals surface area contributed by atoms with Crippen molar-refractivity contribution in [1.29, 1.82) is 0 Å². The van der Waals surface area contributed by atoms with Gasteiger partial charge in [-0.25, -0.2) is 4.79 Å². The van der Waals surface area contributed by atoms with E-state index in [4.69, 9.17) is 10.5 Å². The summed E-state index contributed by atoms with van der Waals surface area (Å²) in [4.78, 5) is 12.1. The first-order chi connectivity index (χ1) is 12.5. The summed E-state index contributed by atoms with van der Waals surface area (Å²) in [5, 5.41) is 2.97. The topological polar surface area (TPSA) is 64.3 Å². The zero-order valence-corrected chi connectivity index (χ0v) is 15.2. The van der Waals surface area contributed by atoms with E-state index in [1.807, 2.05) is 30.3 Å². The molecule has 0 spiro atoms. The van der Waals surface area contributed by atoms with E-state index in [0.29, 0.717) is 16.9 Å². The third-order valence-electron chi connectivity index (χ3n) is 4.50. The van der Waals surface area contributed by atoms with Crippen molar-refractivity contribution in [2.75, 3.05) is 25.2 Å². The fourth-order valence-electron chi connectivity index (χ4n) is 3.12. The van der Waals surface area contributed by atoms with Crippen LogP contribution in [0, 0.1) is 6.92 Å². The Morgan fingerprint density at radius 1 is 0.962 bits per heavy atom. The molecule has 3 aromatic carbocycles. The van der Waals surface area contributed by atoms with Crippen LogP contribution in [0.2, 0.25) is 0 Å². The van der Waals surface area contributed by atoms with Crippen molar-refractivity contribution < 1.29 is 9.53 Å². The Kier molecular flexibility index (Phi) is 4.94. The molecule has 0 radical (unpaired) electrons. The van der Waals surface area contributed by atoms with E-state index in [9.17, 15) is 4.79 Å². The van der Waals surface area contributed by atoms with Gasteiger partial charge in [0.15, 0.2) is 0 Å². The second-order valence-corrected chi connectivity index (χ2v) is 6.12. The van der Waals surface area contributed by atoms with Crippen LogP contribution in [0.5, 0.6) is 0 Å². The lowest BCUT2D eigenvalue weighted by molar-refractivity contribution is 0.0602. The summed E-state index contributed by atoms with van der Waals surface area (Å²) in [6, 6.07) is 20.2. The minimum Gasteiger partial charge on any atom is -0.465 e. The summed E-state index contributed by atoms with van der Waals surface area (Å²) < 4.78 is 4.88. The molecule has 4 heteroatoms. The van der Waals surface area contributed by atoms with Crippen LogP contribution in [0.15, 0.2) is 60.7 Å². The van der Waals surface area contributed by atoms with Crippen molar-refractivity contribution in [3.05, 3.63) is 71.8 Å². The molecule has 3 rings (SSSR count). The van der Waals surface area contributed by atoms with Gasteiger partial charge in [-0.05, 0) is 46.9 Å². The fourth-order valence-corrected chi connectivity index (χ4v) is 3.12. The van der Waals surface area contributed by atoms with E-state index in [1.54, 1.807) is 13.1 Å². The average molecular weight is 346 g/mol. The van der Waals surface area contributed by atoms with E-state index in [-0.39, 0.29) is 0 Å². The van der Waals surface area contributed by atoms with Crippen LogP contribution in [-0.2, 0) is 4.74 Å². The second-order valence-electron chi connectivity index (χ2n) is 6.12. The van der Waals surface area contributed by atoms with E-state index < -0.39 is 5.97 Å². The van der Waals surface area contributed by atoms with Crippen LogP contribution in [0.25, 0.3) is 22.3 Å². The molecule has 3 aromatic rings. The number of hydrogen-bond acceptors (Lipinski definition) is 4. The van der Waals surface area contributed by atoms with Crippen molar-refractivity contribution in [3.8, 4) is 22.3 Å². The number of esters is 1. The normalized spacial score (nSPS) is 10.4. The second kappa shape index (κ2) is 7.31. The summed E-state index contributed by atoms with van der Waals surface area (Å²) in [5.74, 6) is -0.417. The Morgan fingerprint density at radius 2 is 1.62 bits per heavy atom. The summed E-state index contributed by atoms with van der Waals surface area (Å²) in [5.41, 5.74) is 13.1. The number of nitrogens with two attached hydrogens (primary N) is 1. The molecule has 0 amide bonds. The SMILES string of the molecule is CNc1c(N)cc(-c2ccc(-c3ccccc3C)cc2)cc1C(=O)OC. The maximum absolute atomic E-state index is 12.1. The molecule has 0 fully saturated rings. The van der Waals surface area contributed by atoms with Gasteiger partial charge in [-0.3, -0.25) is 0 Å². The minimum absolute atomic E-state index is 0.417. The molecule has 0 atom stereocenters. The highest BCUT2D eigenvalue weighted by molar-refractivity contribution is 6.00. The van der Waals surface area contributed by atoms with Gasteiger partial charge >= 0.3 is 5.97 Å². The van der Waals surface area contributed by atoms with Gasteiger partial charge in [0.1, 0.15) is 0 Å². The number of carbonyl (C=O) groups is 1. The van der Waals surface area contributed by atoms with E-state index in [2.05, 4.69) is 36.5 Å². The molecule has 0 aliphatic carbocycles. The smallest absolute Gasteiger partial charge is 0.340 e. The van der Waals surface area contributed by atoms with Gasteiger partial charge in [0.2, 0.25) is 0 Å². The number of methoxy groups -OCH3 is 1. The van der Waals surface area contributed by atoms with Gasteiger partial charge < -0.3 is 15.8 Å². The predicted octanol–water partition coefficient (Wildman–Crippen LogP) is 4.74. The zero-order valence-electron chi connectivity index (χ0n) is 15.2. The highest BCUT2D eigenvalue weighted by atomic mass is 16.5. The van der Waals surface area contributed by atoms with Gasteiger partial charge in [0.25, 0.3) is 0 Å². The highest BCUT2D eigenvalue weighted by Crippen LogP contribution is 2.33. The molecular formula is C22H22N2O2. The molecule has 0 aliphatic heterocycles. The van der Waals surface area contributed by atoms with Crippen LogP contribution in [0.3, 0.4) is 0 Å². The number of anilines is 2. The monoisotopic (exact) mass is 346 g/mol. The molecule has 0 bridgehead atoms. The molecule has 132 valence electrons. The van der Waals surface area contributed by atoms with Crippen LogP contribution >= 0.6 is 0 Å². The summed E-state index contributed by atoms with van der Waals surface area (Å²) in [6.45, 7) is 2.10. The summed E-state index contributed by atoms with van der Waals surface area (Å²) in [7, 11) is 3.09. The number of nitrogen functional groups attached to an aromatic ring is 1. The lowest BCUT2D eigenvalue weighted by Crippen LogP contribution is -2.08. The van der Waals surface area contributed by atoms with Crippen molar-refractivity contribution in [2.24, 2.45) is 0 Å². The molecular weight excluding hydrogens is 324 g/mol. The van der Waals surface area contributed by atoms with Gasteiger partial charge in [0, 0.05) is 7.05 Å². The van der Waals surface area contributed by atoms with Crippen molar-refractivity contribution in [2.45, 2.75) is 6.92 Å². The van der Waals surface area contributed by atoms with E-state index in [1.165, 1.54) is 18.2 Å². The Bertz CT molecular complexity index is 947. The van der Waals surface area contributed by atoms with E-state index in [0.717, 1.165) is 16.7 Å². The highest BCUT2D eigenvalue weighted by Gasteiger charge is 2.16. The first-order valence-corrected chi connectivity index (χ1v) is 8.41.